The van der Waals surface area contributed by atoms with E-state index in [0.717, 1.165) is 11.1 Å². The lowest BCUT2D eigenvalue weighted by molar-refractivity contribution is -0.130. The van der Waals surface area contributed by atoms with Gasteiger partial charge < -0.3 is 16.0 Å². The van der Waals surface area contributed by atoms with Crippen molar-refractivity contribution in [1.82, 2.24) is 31.4 Å². The number of halogens is 1. The molecule has 0 radical (unpaired) electrons. The highest BCUT2D eigenvalue weighted by Gasteiger charge is 2.44. The molecule has 6 rings (SSSR count). The number of para-hydroxylation sites is 1. The fourth-order valence-electron chi connectivity index (χ4n) is 5.75. The molecule has 4 aromatic rings. The van der Waals surface area contributed by atoms with Gasteiger partial charge in [0, 0.05) is 18.4 Å². The number of amides is 4. The number of anilines is 1. The minimum atomic E-state index is -1.05. The van der Waals surface area contributed by atoms with Crippen LogP contribution in [0.4, 0.5) is 10.1 Å². The largest absolute Gasteiger partial charge is 0.348 e. The Hall–Kier alpha value is -5.39. The molecule has 0 bridgehead atoms. The molecule has 0 unspecified atom stereocenters. The Kier molecular flexibility index (Phi) is 8.13. The zero-order valence-electron chi connectivity index (χ0n) is 23.6. The van der Waals surface area contributed by atoms with Crippen LogP contribution in [0.15, 0.2) is 79.0 Å². The summed E-state index contributed by atoms with van der Waals surface area (Å²) in [5, 5.41) is 18.7. The van der Waals surface area contributed by atoms with E-state index >= 15 is 0 Å². The molecular formula is C32H30FN7O4. The van der Waals surface area contributed by atoms with Crippen molar-refractivity contribution in [2.24, 2.45) is 0 Å². The van der Waals surface area contributed by atoms with Crippen LogP contribution in [0.1, 0.15) is 39.2 Å². The summed E-state index contributed by atoms with van der Waals surface area (Å²) >= 11 is 0. The molecule has 224 valence electrons. The molecule has 44 heavy (non-hydrogen) atoms. The lowest BCUT2D eigenvalue weighted by Crippen LogP contribution is -2.57. The molecular weight excluding hydrogens is 565 g/mol. The molecule has 12 heteroatoms. The molecule has 3 heterocycles. The van der Waals surface area contributed by atoms with Crippen LogP contribution in [0.25, 0.3) is 0 Å². The van der Waals surface area contributed by atoms with Gasteiger partial charge in [-0.25, -0.2) is 4.39 Å². The molecule has 0 spiro atoms. The zero-order chi connectivity index (χ0) is 30.6. The van der Waals surface area contributed by atoms with Gasteiger partial charge in [-0.1, -0.05) is 48.5 Å². The van der Waals surface area contributed by atoms with Gasteiger partial charge in [0.05, 0.1) is 18.4 Å². The molecule has 4 amide bonds. The highest BCUT2D eigenvalue weighted by atomic mass is 19.1. The van der Waals surface area contributed by atoms with E-state index in [0.29, 0.717) is 41.8 Å². The first-order valence-electron chi connectivity index (χ1n) is 14.3. The summed E-state index contributed by atoms with van der Waals surface area (Å²) in [6.45, 7) is 0.142. The maximum Gasteiger partial charge on any atom is 0.251 e. The van der Waals surface area contributed by atoms with Crippen LogP contribution in [0.3, 0.4) is 0 Å². The Balaban J connectivity index is 1.23. The van der Waals surface area contributed by atoms with E-state index < -0.39 is 41.7 Å². The average molecular weight is 596 g/mol. The third kappa shape index (κ3) is 6.05. The van der Waals surface area contributed by atoms with Gasteiger partial charge in [-0.15, -0.1) is 0 Å². The van der Waals surface area contributed by atoms with Gasteiger partial charge in [0.25, 0.3) is 5.91 Å². The second-order valence-corrected chi connectivity index (χ2v) is 10.9. The summed E-state index contributed by atoms with van der Waals surface area (Å²) in [6, 6.07) is 17.1. The average Bonchev–Trinajstić information content (AvgIpc) is 3.68. The van der Waals surface area contributed by atoms with Crippen molar-refractivity contribution >= 4 is 29.3 Å². The molecule has 0 aliphatic carbocycles. The third-order valence-electron chi connectivity index (χ3n) is 7.95. The van der Waals surface area contributed by atoms with Gasteiger partial charge in [0.1, 0.15) is 29.6 Å². The van der Waals surface area contributed by atoms with Gasteiger partial charge in [-0.05, 0) is 53.8 Å². The molecule has 3 atom stereocenters. The number of carbonyl (C=O) groups is 4. The first-order valence-corrected chi connectivity index (χ1v) is 14.3. The monoisotopic (exact) mass is 595 g/mol. The Bertz CT molecular complexity index is 1680. The van der Waals surface area contributed by atoms with Gasteiger partial charge in [0.15, 0.2) is 0 Å². The Labute approximate surface area is 252 Å². The Morgan fingerprint density at radius 1 is 1.00 bits per heavy atom. The molecule has 1 aromatic heterocycles. The zero-order valence-corrected chi connectivity index (χ0v) is 23.6. The predicted octanol–water partition coefficient (Wildman–Crippen LogP) is 1.99. The van der Waals surface area contributed by atoms with Gasteiger partial charge in [-0.3, -0.25) is 24.1 Å². The van der Waals surface area contributed by atoms with Crippen LogP contribution in [-0.4, -0.2) is 57.2 Å². The number of aryl methyl sites for hydroxylation is 1. The van der Waals surface area contributed by atoms with E-state index in [1.807, 2.05) is 18.2 Å². The summed E-state index contributed by atoms with van der Waals surface area (Å²) in [4.78, 5) is 55.8. The smallest absolute Gasteiger partial charge is 0.251 e. The fourth-order valence-corrected chi connectivity index (χ4v) is 5.75. The lowest BCUT2D eigenvalue weighted by Gasteiger charge is -2.29. The van der Waals surface area contributed by atoms with E-state index in [2.05, 4.69) is 31.4 Å². The number of nitrogens with one attached hydrogen (secondary N) is 4. The van der Waals surface area contributed by atoms with Gasteiger partial charge in [0.2, 0.25) is 17.7 Å². The predicted molar refractivity (Wildman–Crippen MR) is 158 cm³/mol. The molecule has 11 nitrogen and oxygen atoms in total. The number of hydrogen-bond acceptors (Lipinski definition) is 6. The quantitative estimate of drug-likeness (QED) is 0.233. The lowest BCUT2D eigenvalue weighted by atomic mass is 10.0. The van der Waals surface area contributed by atoms with Crippen molar-refractivity contribution in [1.29, 1.82) is 0 Å². The third-order valence-corrected chi connectivity index (χ3v) is 7.95. The standard InChI is InChI=1S/C32H30FN7O4/c33-23-12-9-19(10-13-23)15-26(37-29(41)21-5-2-1-3-6-21)30(42)36-25-14-11-20-7-4-8-22-16-27(40(28(20)22)32(25)44)31(43)34-17-24-18-35-39-38-24/h1-10,12-13,18,25-27H,11,14-17H2,(H,34,43)(H,36,42)(H,37,41)(H,35,38,39)/t25-,26-,27-/m0/s1. The van der Waals surface area contributed by atoms with E-state index in [1.165, 1.54) is 23.2 Å². The normalized spacial score (nSPS) is 17.8. The van der Waals surface area contributed by atoms with Crippen LogP contribution >= 0.6 is 0 Å². The Morgan fingerprint density at radius 2 is 1.77 bits per heavy atom. The molecule has 4 N–H and O–H groups in total. The van der Waals surface area contributed by atoms with Crippen molar-refractivity contribution in [2.45, 2.75) is 50.4 Å². The first-order chi connectivity index (χ1) is 21.4. The number of carbonyl (C=O) groups excluding carboxylic acids is 4. The number of benzene rings is 3. The molecule has 2 aliphatic heterocycles. The van der Waals surface area contributed by atoms with Crippen molar-refractivity contribution < 1.29 is 23.6 Å². The maximum absolute atomic E-state index is 14.1. The number of rotatable bonds is 9. The molecule has 0 saturated carbocycles. The number of hydrogen-bond donors (Lipinski definition) is 4. The molecule has 0 fully saturated rings. The minimum Gasteiger partial charge on any atom is -0.348 e. The maximum atomic E-state index is 14.1. The van der Waals surface area contributed by atoms with Crippen LogP contribution in [0.2, 0.25) is 0 Å². The van der Waals surface area contributed by atoms with Crippen molar-refractivity contribution in [3.05, 3.63) is 113 Å². The highest BCUT2D eigenvalue weighted by Crippen LogP contribution is 2.39. The van der Waals surface area contributed by atoms with Crippen LogP contribution < -0.4 is 20.9 Å². The molecule has 0 saturated heterocycles. The van der Waals surface area contributed by atoms with E-state index in [9.17, 15) is 23.6 Å². The molecule has 2 aliphatic rings. The summed E-state index contributed by atoms with van der Waals surface area (Å²) in [5.41, 5.74) is 4.05. The fraction of sp³-hybridized carbons (Fsp3) is 0.250. The van der Waals surface area contributed by atoms with Gasteiger partial charge in [-0.2, -0.15) is 15.4 Å². The van der Waals surface area contributed by atoms with Crippen molar-refractivity contribution in [3.63, 3.8) is 0 Å². The summed E-state index contributed by atoms with van der Waals surface area (Å²) in [6.07, 6.45) is 2.72. The second-order valence-electron chi connectivity index (χ2n) is 10.9. The number of aromatic nitrogens is 3. The summed E-state index contributed by atoms with van der Waals surface area (Å²) in [7, 11) is 0. The summed E-state index contributed by atoms with van der Waals surface area (Å²) < 4.78 is 13.6. The van der Waals surface area contributed by atoms with Crippen molar-refractivity contribution in [2.75, 3.05) is 4.90 Å². The van der Waals surface area contributed by atoms with E-state index in [1.54, 1.807) is 42.5 Å². The molecule has 3 aromatic carbocycles. The number of H-pyrrole nitrogens is 1. The number of nitrogens with zero attached hydrogens (tertiary/aromatic N) is 3. The first kappa shape index (κ1) is 28.7. The van der Waals surface area contributed by atoms with Gasteiger partial charge >= 0.3 is 0 Å². The van der Waals surface area contributed by atoms with Crippen LogP contribution in [-0.2, 0) is 40.2 Å². The van der Waals surface area contributed by atoms with Crippen molar-refractivity contribution in [3.8, 4) is 0 Å². The topological polar surface area (TPSA) is 149 Å². The SMILES string of the molecule is O=C(N[C@@H](Cc1ccc(F)cc1)C(=O)N[C@H]1CCc2cccc3c2N(C1=O)[C@H](C(=O)NCc1cn[nH]n1)C3)c1ccccc1. The van der Waals surface area contributed by atoms with E-state index in [4.69, 9.17) is 0 Å². The number of aromatic amines is 1. The second kappa shape index (κ2) is 12.5. The van der Waals surface area contributed by atoms with Crippen LogP contribution in [0.5, 0.6) is 0 Å². The Morgan fingerprint density at radius 3 is 2.52 bits per heavy atom. The highest BCUT2D eigenvalue weighted by molar-refractivity contribution is 6.08. The van der Waals surface area contributed by atoms with Crippen LogP contribution in [0, 0.1) is 5.82 Å². The summed E-state index contributed by atoms with van der Waals surface area (Å²) in [5.74, 6) is -2.19. The minimum absolute atomic E-state index is 0.0762. The van der Waals surface area contributed by atoms with E-state index in [-0.39, 0.29) is 18.9 Å².